The number of H-pyrrole nitrogens is 1. The zero-order chi connectivity index (χ0) is 17.9. The molecule has 0 unspecified atom stereocenters. The number of carbonyl (C=O) groups is 1. The Labute approximate surface area is 152 Å². The van der Waals surface area contributed by atoms with Gasteiger partial charge in [-0.25, -0.2) is 4.98 Å². The van der Waals surface area contributed by atoms with Crippen LogP contribution in [0.3, 0.4) is 0 Å². The standard InChI is InChI=1S/C20H22N4O2/c1-14(15-4-6-16(7-5-15)24-9-11-26-12-10-24)23-20(25)18-13-22-19-17(18)3-2-8-21-19/h2-8,13-14H,9-12H2,1H3,(H,21,22)(H,23,25)/t14-/m1/s1. The highest BCUT2D eigenvalue weighted by Crippen LogP contribution is 2.21. The van der Waals surface area contributed by atoms with Gasteiger partial charge in [-0.15, -0.1) is 0 Å². The van der Waals surface area contributed by atoms with Crippen molar-refractivity contribution >= 4 is 22.6 Å². The number of rotatable bonds is 4. The first-order valence-electron chi connectivity index (χ1n) is 8.88. The van der Waals surface area contributed by atoms with Gasteiger partial charge in [0.2, 0.25) is 0 Å². The maximum absolute atomic E-state index is 12.6. The van der Waals surface area contributed by atoms with Crippen LogP contribution in [0.5, 0.6) is 0 Å². The molecule has 0 radical (unpaired) electrons. The van der Waals surface area contributed by atoms with Crippen LogP contribution in [0.25, 0.3) is 11.0 Å². The molecule has 1 aliphatic rings. The van der Waals surface area contributed by atoms with Crippen LogP contribution in [0.1, 0.15) is 28.9 Å². The third kappa shape index (κ3) is 3.28. The van der Waals surface area contributed by atoms with E-state index in [1.54, 1.807) is 12.4 Å². The van der Waals surface area contributed by atoms with E-state index in [1.165, 1.54) is 5.69 Å². The third-order valence-corrected chi connectivity index (χ3v) is 4.81. The Bertz CT molecular complexity index is 898. The Balaban J connectivity index is 1.45. The minimum atomic E-state index is -0.103. The van der Waals surface area contributed by atoms with Gasteiger partial charge in [-0.1, -0.05) is 12.1 Å². The lowest BCUT2D eigenvalue weighted by Crippen LogP contribution is -2.36. The molecule has 1 aliphatic heterocycles. The Morgan fingerprint density at radius 2 is 2.00 bits per heavy atom. The molecule has 0 spiro atoms. The smallest absolute Gasteiger partial charge is 0.253 e. The van der Waals surface area contributed by atoms with Crippen molar-refractivity contribution in [3.8, 4) is 0 Å². The van der Waals surface area contributed by atoms with Gasteiger partial charge in [0.1, 0.15) is 5.65 Å². The fourth-order valence-corrected chi connectivity index (χ4v) is 3.30. The molecule has 0 saturated carbocycles. The molecular formula is C20H22N4O2. The minimum absolute atomic E-state index is 0.0807. The minimum Gasteiger partial charge on any atom is -0.378 e. The number of hydrogen-bond acceptors (Lipinski definition) is 4. The summed E-state index contributed by atoms with van der Waals surface area (Å²) in [5, 5.41) is 3.90. The molecule has 6 heteroatoms. The van der Waals surface area contributed by atoms with Crippen LogP contribution in [0.15, 0.2) is 48.8 Å². The summed E-state index contributed by atoms with van der Waals surface area (Å²) in [6.45, 7) is 5.37. The molecule has 0 bridgehead atoms. The molecule has 1 fully saturated rings. The van der Waals surface area contributed by atoms with Gasteiger partial charge in [0.15, 0.2) is 0 Å². The maximum atomic E-state index is 12.6. The highest BCUT2D eigenvalue weighted by Gasteiger charge is 2.16. The Morgan fingerprint density at radius 1 is 1.23 bits per heavy atom. The van der Waals surface area contributed by atoms with E-state index in [1.807, 2.05) is 19.1 Å². The number of nitrogens with one attached hydrogen (secondary N) is 2. The van der Waals surface area contributed by atoms with E-state index in [9.17, 15) is 4.79 Å². The quantitative estimate of drug-likeness (QED) is 0.759. The molecule has 134 valence electrons. The first kappa shape index (κ1) is 16.6. The third-order valence-electron chi connectivity index (χ3n) is 4.81. The van der Waals surface area contributed by atoms with Crippen molar-refractivity contribution in [1.29, 1.82) is 0 Å². The number of morpholine rings is 1. The van der Waals surface area contributed by atoms with Crippen molar-refractivity contribution in [2.24, 2.45) is 0 Å². The van der Waals surface area contributed by atoms with Crippen LogP contribution in [-0.2, 0) is 4.74 Å². The Hall–Kier alpha value is -2.86. The molecule has 1 atom stereocenters. The van der Waals surface area contributed by atoms with E-state index in [0.717, 1.165) is 42.9 Å². The van der Waals surface area contributed by atoms with Gasteiger partial charge < -0.3 is 19.9 Å². The molecule has 2 N–H and O–H groups in total. The second-order valence-electron chi connectivity index (χ2n) is 6.49. The van der Waals surface area contributed by atoms with E-state index >= 15 is 0 Å². The van der Waals surface area contributed by atoms with Crippen molar-refractivity contribution in [2.75, 3.05) is 31.2 Å². The first-order chi connectivity index (χ1) is 12.7. The lowest BCUT2D eigenvalue weighted by atomic mass is 10.1. The highest BCUT2D eigenvalue weighted by molar-refractivity contribution is 6.05. The average Bonchev–Trinajstić information content (AvgIpc) is 3.13. The monoisotopic (exact) mass is 350 g/mol. The number of pyridine rings is 1. The number of amides is 1. The van der Waals surface area contributed by atoms with Gasteiger partial charge in [0.25, 0.3) is 5.91 Å². The van der Waals surface area contributed by atoms with Crippen molar-refractivity contribution in [2.45, 2.75) is 13.0 Å². The normalized spacial score (nSPS) is 15.8. The summed E-state index contributed by atoms with van der Waals surface area (Å²) in [4.78, 5) is 22.2. The molecule has 2 aromatic heterocycles. The number of carbonyl (C=O) groups excluding carboxylic acids is 1. The number of benzene rings is 1. The lowest BCUT2D eigenvalue weighted by Gasteiger charge is -2.29. The molecule has 1 aromatic carbocycles. The summed E-state index contributed by atoms with van der Waals surface area (Å²) in [6.07, 6.45) is 3.42. The van der Waals surface area contributed by atoms with Gasteiger partial charge in [0.05, 0.1) is 24.8 Å². The van der Waals surface area contributed by atoms with E-state index in [-0.39, 0.29) is 11.9 Å². The number of ether oxygens (including phenoxy) is 1. The van der Waals surface area contributed by atoms with Gasteiger partial charge in [-0.2, -0.15) is 0 Å². The van der Waals surface area contributed by atoms with E-state index in [0.29, 0.717) is 5.56 Å². The first-order valence-corrected chi connectivity index (χ1v) is 8.88. The van der Waals surface area contributed by atoms with Crippen molar-refractivity contribution in [3.63, 3.8) is 0 Å². The summed E-state index contributed by atoms with van der Waals surface area (Å²) in [5.41, 5.74) is 3.61. The van der Waals surface area contributed by atoms with E-state index in [2.05, 4.69) is 44.5 Å². The van der Waals surface area contributed by atoms with E-state index in [4.69, 9.17) is 4.74 Å². The molecule has 0 aliphatic carbocycles. The number of hydrogen-bond donors (Lipinski definition) is 2. The topological polar surface area (TPSA) is 70.2 Å². The van der Waals surface area contributed by atoms with Crippen LogP contribution in [0.2, 0.25) is 0 Å². The highest BCUT2D eigenvalue weighted by atomic mass is 16.5. The summed E-state index contributed by atoms with van der Waals surface area (Å²) < 4.78 is 5.40. The number of aromatic nitrogens is 2. The molecule has 26 heavy (non-hydrogen) atoms. The van der Waals surface area contributed by atoms with Crippen molar-refractivity contribution < 1.29 is 9.53 Å². The van der Waals surface area contributed by atoms with Gasteiger partial charge in [0, 0.05) is 36.6 Å². The van der Waals surface area contributed by atoms with Crippen LogP contribution >= 0.6 is 0 Å². The molecule has 1 amide bonds. The molecule has 1 saturated heterocycles. The van der Waals surface area contributed by atoms with Crippen LogP contribution in [0.4, 0.5) is 5.69 Å². The van der Waals surface area contributed by atoms with Crippen LogP contribution < -0.4 is 10.2 Å². The van der Waals surface area contributed by atoms with Crippen molar-refractivity contribution in [3.05, 3.63) is 59.9 Å². The zero-order valence-corrected chi connectivity index (χ0v) is 14.7. The number of nitrogens with zero attached hydrogens (tertiary/aromatic N) is 2. The Kier molecular flexibility index (Phi) is 4.58. The zero-order valence-electron chi connectivity index (χ0n) is 14.7. The van der Waals surface area contributed by atoms with Crippen LogP contribution in [-0.4, -0.2) is 42.2 Å². The van der Waals surface area contributed by atoms with E-state index < -0.39 is 0 Å². The predicted octanol–water partition coefficient (Wildman–Crippen LogP) is 2.89. The lowest BCUT2D eigenvalue weighted by molar-refractivity contribution is 0.0941. The molecule has 3 aromatic rings. The molecule has 6 nitrogen and oxygen atoms in total. The molecule has 3 heterocycles. The summed E-state index contributed by atoms with van der Waals surface area (Å²) in [5.74, 6) is -0.103. The fraction of sp³-hybridized carbons (Fsp3) is 0.300. The number of anilines is 1. The molecule has 4 rings (SSSR count). The van der Waals surface area contributed by atoms with Crippen molar-refractivity contribution in [1.82, 2.24) is 15.3 Å². The second kappa shape index (κ2) is 7.17. The predicted molar refractivity (Wildman–Crippen MR) is 101 cm³/mol. The van der Waals surface area contributed by atoms with Gasteiger partial charge in [-0.3, -0.25) is 4.79 Å². The summed E-state index contributed by atoms with van der Waals surface area (Å²) in [7, 11) is 0. The second-order valence-corrected chi connectivity index (χ2v) is 6.49. The molecular weight excluding hydrogens is 328 g/mol. The summed E-state index contributed by atoms with van der Waals surface area (Å²) >= 11 is 0. The van der Waals surface area contributed by atoms with Gasteiger partial charge >= 0.3 is 0 Å². The average molecular weight is 350 g/mol. The van der Waals surface area contributed by atoms with Gasteiger partial charge in [-0.05, 0) is 36.8 Å². The SMILES string of the molecule is C[C@@H](NC(=O)c1c[nH]c2ncccc12)c1ccc(N2CCOCC2)cc1. The fourth-order valence-electron chi connectivity index (χ4n) is 3.30. The Morgan fingerprint density at radius 3 is 2.77 bits per heavy atom. The largest absolute Gasteiger partial charge is 0.378 e. The number of fused-ring (bicyclic) bond motifs is 1. The number of aromatic amines is 1. The maximum Gasteiger partial charge on any atom is 0.253 e. The summed E-state index contributed by atoms with van der Waals surface area (Å²) in [6, 6.07) is 12.0. The van der Waals surface area contributed by atoms with Crippen LogP contribution in [0, 0.1) is 0 Å².